The molecule has 6 heteroatoms. The smallest absolute Gasteiger partial charge is 0.337 e. The summed E-state index contributed by atoms with van der Waals surface area (Å²) in [5.74, 6) is 0.970. The monoisotopic (exact) mass is 320 g/mol. The number of carbonyl (C=O) groups is 1. The Bertz CT molecular complexity index is 820. The van der Waals surface area contributed by atoms with Crippen molar-refractivity contribution in [3.63, 3.8) is 0 Å². The minimum Gasteiger partial charge on any atom is -0.465 e. The van der Waals surface area contributed by atoms with Crippen LogP contribution >= 0.6 is 0 Å². The number of rotatable bonds is 5. The van der Waals surface area contributed by atoms with E-state index in [0.29, 0.717) is 17.2 Å². The lowest BCUT2D eigenvalue weighted by Gasteiger charge is -2.09. The predicted molar refractivity (Wildman–Crippen MR) is 92.8 cm³/mol. The number of para-hydroxylation sites is 1. The molecule has 0 unspecified atom stereocenters. The largest absolute Gasteiger partial charge is 0.465 e. The van der Waals surface area contributed by atoms with Crippen LogP contribution in [0, 0.1) is 0 Å². The van der Waals surface area contributed by atoms with E-state index < -0.39 is 0 Å². The fourth-order valence-electron chi connectivity index (χ4n) is 2.12. The van der Waals surface area contributed by atoms with Crippen molar-refractivity contribution in [2.45, 2.75) is 0 Å². The number of benzene rings is 2. The van der Waals surface area contributed by atoms with Crippen molar-refractivity contribution in [3.8, 4) is 0 Å². The second kappa shape index (κ2) is 7.23. The van der Waals surface area contributed by atoms with Crippen molar-refractivity contribution in [2.75, 3.05) is 17.7 Å². The Morgan fingerprint density at radius 1 is 0.875 bits per heavy atom. The van der Waals surface area contributed by atoms with E-state index in [1.807, 2.05) is 30.3 Å². The Kier molecular flexibility index (Phi) is 4.67. The van der Waals surface area contributed by atoms with E-state index in [1.165, 1.54) is 13.4 Å². The summed E-state index contributed by atoms with van der Waals surface area (Å²) < 4.78 is 4.68. The molecule has 3 aromatic rings. The zero-order chi connectivity index (χ0) is 16.8. The van der Waals surface area contributed by atoms with Gasteiger partial charge in [0, 0.05) is 17.4 Å². The van der Waals surface area contributed by atoms with Crippen molar-refractivity contribution < 1.29 is 9.53 Å². The lowest BCUT2D eigenvalue weighted by molar-refractivity contribution is 0.0601. The van der Waals surface area contributed by atoms with Crippen molar-refractivity contribution in [2.24, 2.45) is 0 Å². The van der Waals surface area contributed by atoms with E-state index in [9.17, 15) is 4.79 Å². The summed E-state index contributed by atoms with van der Waals surface area (Å²) in [5, 5.41) is 6.38. The van der Waals surface area contributed by atoms with Crippen molar-refractivity contribution in [1.82, 2.24) is 9.97 Å². The molecule has 0 bridgehead atoms. The van der Waals surface area contributed by atoms with Crippen LogP contribution in [0.3, 0.4) is 0 Å². The SMILES string of the molecule is COC(=O)c1ccc(Nc2cc(Nc3ccccc3)ncn2)cc1. The molecule has 3 rings (SSSR count). The number of hydrogen-bond donors (Lipinski definition) is 2. The average Bonchev–Trinajstić information content (AvgIpc) is 2.63. The third-order valence-corrected chi connectivity index (χ3v) is 3.29. The maximum atomic E-state index is 11.4. The van der Waals surface area contributed by atoms with E-state index in [1.54, 1.807) is 30.3 Å². The van der Waals surface area contributed by atoms with Crippen LogP contribution in [0.25, 0.3) is 0 Å². The van der Waals surface area contributed by atoms with Crippen molar-refractivity contribution >= 4 is 29.0 Å². The van der Waals surface area contributed by atoms with Gasteiger partial charge in [-0.3, -0.25) is 0 Å². The quantitative estimate of drug-likeness (QED) is 0.697. The first-order valence-electron chi connectivity index (χ1n) is 7.34. The molecule has 0 fully saturated rings. The van der Waals surface area contributed by atoms with Gasteiger partial charge in [-0.2, -0.15) is 0 Å². The minimum absolute atomic E-state index is 0.363. The van der Waals surface area contributed by atoms with Gasteiger partial charge in [-0.15, -0.1) is 0 Å². The molecule has 1 aromatic heterocycles. The van der Waals surface area contributed by atoms with E-state index in [0.717, 1.165) is 11.4 Å². The van der Waals surface area contributed by atoms with E-state index in [2.05, 4.69) is 25.3 Å². The average molecular weight is 320 g/mol. The first-order valence-corrected chi connectivity index (χ1v) is 7.34. The van der Waals surface area contributed by atoms with Crippen LogP contribution in [0.4, 0.5) is 23.0 Å². The van der Waals surface area contributed by atoms with Crippen LogP contribution in [0.2, 0.25) is 0 Å². The molecule has 2 N–H and O–H groups in total. The van der Waals surface area contributed by atoms with E-state index >= 15 is 0 Å². The maximum Gasteiger partial charge on any atom is 0.337 e. The first kappa shape index (κ1) is 15.5. The van der Waals surface area contributed by atoms with Crippen molar-refractivity contribution in [1.29, 1.82) is 0 Å². The molecule has 0 radical (unpaired) electrons. The molecule has 0 aliphatic rings. The number of nitrogens with one attached hydrogen (secondary N) is 2. The molecular formula is C18H16N4O2. The number of anilines is 4. The Hall–Kier alpha value is -3.41. The fourth-order valence-corrected chi connectivity index (χ4v) is 2.12. The number of ether oxygens (including phenoxy) is 1. The lowest BCUT2D eigenvalue weighted by atomic mass is 10.2. The molecular weight excluding hydrogens is 304 g/mol. The second-order valence-electron chi connectivity index (χ2n) is 4.97. The van der Waals surface area contributed by atoms with Gasteiger partial charge in [0.25, 0.3) is 0 Å². The van der Waals surface area contributed by atoms with Crippen LogP contribution in [0.5, 0.6) is 0 Å². The summed E-state index contributed by atoms with van der Waals surface area (Å²) in [6.07, 6.45) is 1.48. The zero-order valence-corrected chi connectivity index (χ0v) is 13.1. The molecule has 1 heterocycles. The summed E-state index contributed by atoms with van der Waals surface area (Å²) in [6, 6.07) is 18.5. The molecule has 0 aliphatic carbocycles. The van der Waals surface area contributed by atoms with Gasteiger partial charge in [0.2, 0.25) is 0 Å². The Morgan fingerprint density at radius 2 is 1.46 bits per heavy atom. The Balaban J connectivity index is 1.71. The van der Waals surface area contributed by atoms with Gasteiger partial charge in [-0.1, -0.05) is 18.2 Å². The van der Waals surface area contributed by atoms with Gasteiger partial charge in [0.15, 0.2) is 0 Å². The summed E-state index contributed by atoms with van der Waals surface area (Å²) in [7, 11) is 1.36. The van der Waals surface area contributed by atoms with E-state index in [-0.39, 0.29) is 5.97 Å². The first-order chi connectivity index (χ1) is 11.7. The third kappa shape index (κ3) is 3.86. The summed E-state index contributed by atoms with van der Waals surface area (Å²) in [5.41, 5.74) is 2.26. The number of nitrogens with zero attached hydrogens (tertiary/aromatic N) is 2. The number of carbonyl (C=O) groups excluding carboxylic acids is 1. The molecule has 0 spiro atoms. The van der Waals surface area contributed by atoms with Crippen LogP contribution < -0.4 is 10.6 Å². The van der Waals surface area contributed by atoms with Crippen LogP contribution in [0.15, 0.2) is 67.0 Å². The molecule has 120 valence electrons. The third-order valence-electron chi connectivity index (χ3n) is 3.29. The van der Waals surface area contributed by atoms with Gasteiger partial charge in [-0.25, -0.2) is 14.8 Å². The van der Waals surface area contributed by atoms with E-state index in [4.69, 9.17) is 0 Å². The predicted octanol–water partition coefficient (Wildman–Crippen LogP) is 3.75. The number of aromatic nitrogens is 2. The van der Waals surface area contributed by atoms with Crippen LogP contribution in [-0.4, -0.2) is 23.0 Å². The minimum atomic E-state index is -0.363. The van der Waals surface area contributed by atoms with Gasteiger partial charge < -0.3 is 15.4 Å². The summed E-state index contributed by atoms with van der Waals surface area (Å²) >= 11 is 0. The topological polar surface area (TPSA) is 76.1 Å². The number of esters is 1. The highest BCUT2D eigenvalue weighted by atomic mass is 16.5. The van der Waals surface area contributed by atoms with Gasteiger partial charge >= 0.3 is 5.97 Å². The molecule has 0 aliphatic heterocycles. The molecule has 6 nitrogen and oxygen atoms in total. The maximum absolute atomic E-state index is 11.4. The second-order valence-corrected chi connectivity index (χ2v) is 4.97. The standard InChI is InChI=1S/C18H16N4O2/c1-24-18(23)13-7-9-15(10-8-13)22-17-11-16(19-12-20-17)21-14-5-3-2-4-6-14/h2-12H,1H3,(H2,19,20,21,22). The highest BCUT2D eigenvalue weighted by Gasteiger charge is 2.05. The molecule has 0 saturated heterocycles. The van der Waals surface area contributed by atoms with Crippen LogP contribution in [-0.2, 0) is 4.74 Å². The summed E-state index contributed by atoms with van der Waals surface area (Å²) in [4.78, 5) is 19.8. The number of hydrogen-bond acceptors (Lipinski definition) is 6. The summed E-state index contributed by atoms with van der Waals surface area (Å²) in [6.45, 7) is 0. The van der Waals surface area contributed by atoms with Crippen LogP contribution in [0.1, 0.15) is 10.4 Å². The Morgan fingerprint density at radius 3 is 2.04 bits per heavy atom. The number of methoxy groups -OCH3 is 1. The molecule has 2 aromatic carbocycles. The van der Waals surface area contributed by atoms with Gasteiger partial charge in [0.1, 0.15) is 18.0 Å². The van der Waals surface area contributed by atoms with Crippen molar-refractivity contribution in [3.05, 3.63) is 72.6 Å². The lowest BCUT2D eigenvalue weighted by Crippen LogP contribution is -2.01. The molecule has 0 atom stereocenters. The fraction of sp³-hybridized carbons (Fsp3) is 0.0556. The van der Waals surface area contributed by atoms with Gasteiger partial charge in [0.05, 0.1) is 12.7 Å². The molecule has 0 amide bonds. The Labute approximate surface area is 139 Å². The molecule has 24 heavy (non-hydrogen) atoms. The highest BCUT2D eigenvalue weighted by Crippen LogP contribution is 2.19. The van der Waals surface area contributed by atoms with Gasteiger partial charge in [-0.05, 0) is 36.4 Å². The molecule has 0 saturated carbocycles. The zero-order valence-electron chi connectivity index (χ0n) is 13.1. The highest BCUT2D eigenvalue weighted by molar-refractivity contribution is 5.89. The normalized spacial score (nSPS) is 10.0.